The molecule has 1 aliphatic carbocycles. The van der Waals surface area contributed by atoms with Crippen molar-refractivity contribution in [2.45, 2.75) is 19.3 Å². The molecule has 9 aromatic carbocycles. The number of rotatable bonds is 3. The minimum Gasteiger partial charge on any atom is -0.292 e. The van der Waals surface area contributed by atoms with Crippen molar-refractivity contribution in [3.63, 3.8) is 0 Å². The summed E-state index contributed by atoms with van der Waals surface area (Å²) in [7, 11) is 0. The highest BCUT2D eigenvalue weighted by atomic mass is 15.1. The molecule has 2 heterocycles. The van der Waals surface area contributed by atoms with Crippen molar-refractivity contribution >= 4 is 64.9 Å². The van der Waals surface area contributed by atoms with E-state index in [1.54, 1.807) is 0 Å². The maximum Gasteiger partial charge on any atom is 0.165 e. The molecular weight excluding hydrogens is 679 g/mol. The Morgan fingerprint density at radius 2 is 0.982 bits per heavy atom. The van der Waals surface area contributed by atoms with Crippen LogP contribution >= 0.6 is 0 Å². The highest BCUT2D eigenvalue weighted by Crippen LogP contribution is 2.50. The van der Waals surface area contributed by atoms with Gasteiger partial charge in [-0.15, -0.1) is 0 Å². The van der Waals surface area contributed by atoms with E-state index in [9.17, 15) is 0 Å². The fourth-order valence-electron chi connectivity index (χ4n) is 9.63. The SMILES string of the molecule is CC1(C)c2ccccc2-c2nc(-n3c4cc5ccccc5cc4c4c5c6ccccc6c6ccccc6c5ccc43)c(-c3ccc(-c4ccccc4)cc3)nc21. The van der Waals surface area contributed by atoms with Crippen LogP contribution in [0.1, 0.15) is 25.1 Å². The van der Waals surface area contributed by atoms with E-state index in [1.165, 1.54) is 70.6 Å². The van der Waals surface area contributed by atoms with Crippen molar-refractivity contribution in [3.8, 4) is 39.5 Å². The fourth-order valence-corrected chi connectivity index (χ4v) is 9.63. The van der Waals surface area contributed by atoms with E-state index in [4.69, 9.17) is 9.97 Å². The Morgan fingerprint density at radius 1 is 0.411 bits per heavy atom. The van der Waals surface area contributed by atoms with Gasteiger partial charge in [-0.1, -0.05) is 172 Å². The summed E-state index contributed by atoms with van der Waals surface area (Å²) in [5.74, 6) is 0.837. The second kappa shape index (κ2) is 11.5. The van der Waals surface area contributed by atoms with Crippen molar-refractivity contribution < 1.29 is 0 Å². The quantitative estimate of drug-likeness (QED) is 0.171. The van der Waals surface area contributed by atoms with E-state index in [-0.39, 0.29) is 5.41 Å². The molecule has 3 nitrogen and oxygen atoms in total. The number of benzene rings is 9. The van der Waals surface area contributed by atoms with Crippen LogP contribution in [0.5, 0.6) is 0 Å². The van der Waals surface area contributed by atoms with Crippen LogP contribution in [0.25, 0.3) is 104 Å². The van der Waals surface area contributed by atoms with Crippen molar-refractivity contribution in [1.82, 2.24) is 14.5 Å². The van der Waals surface area contributed by atoms with Gasteiger partial charge in [0.25, 0.3) is 0 Å². The molecule has 0 unspecified atom stereocenters. The number of fused-ring (bicyclic) bond motifs is 14. The minimum atomic E-state index is -0.302. The lowest BCUT2D eigenvalue weighted by Crippen LogP contribution is -2.18. The average molecular weight is 714 g/mol. The molecular formula is C53H35N3. The summed E-state index contributed by atoms with van der Waals surface area (Å²) in [6, 6.07) is 64.0. The summed E-state index contributed by atoms with van der Waals surface area (Å²) in [4.78, 5) is 11.5. The molecule has 0 radical (unpaired) electrons. The van der Waals surface area contributed by atoms with Crippen LogP contribution in [0.3, 0.4) is 0 Å². The van der Waals surface area contributed by atoms with Crippen LogP contribution < -0.4 is 0 Å². The Kier molecular flexibility index (Phi) is 6.40. The molecule has 11 aromatic rings. The van der Waals surface area contributed by atoms with E-state index >= 15 is 0 Å². The van der Waals surface area contributed by atoms with Gasteiger partial charge in [-0.3, -0.25) is 4.57 Å². The van der Waals surface area contributed by atoms with Crippen molar-refractivity contribution in [2.75, 3.05) is 0 Å². The van der Waals surface area contributed by atoms with Gasteiger partial charge >= 0.3 is 0 Å². The molecule has 0 spiro atoms. The third kappa shape index (κ3) is 4.28. The Labute approximate surface area is 324 Å². The lowest BCUT2D eigenvalue weighted by atomic mass is 9.85. The summed E-state index contributed by atoms with van der Waals surface area (Å²) in [6.07, 6.45) is 0. The molecule has 0 saturated carbocycles. The first-order chi connectivity index (χ1) is 27.5. The van der Waals surface area contributed by atoms with Crippen LogP contribution in [0.4, 0.5) is 0 Å². The van der Waals surface area contributed by atoms with Crippen molar-refractivity contribution in [1.29, 1.82) is 0 Å². The first kappa shape index (κ1) is 31.3. The Hall–Kier alpha value is -7.10. The molecule has 1 aliphatic rings. The van der Waals surface area contributed by atoms with Gasteiger partial charge < -0.3 is 0 Å². The second-order valence-electron chi connectivity index (χ2n) is 15.7. The number of hydrogen-bond acceptors (Lipinski definition) is 2. The molecule has 262 valence electrons. The second-order valence-corrected chi connectivity index (χ2v) is 15.7. The molecule has 0 amide bonds. The lowest BCUT2D eigenvalue weighted by Gasteiger charge is -2.21. The lowest BCUT2D eigenvalue weighted by molar-refractivity contribution is 0.635. The van der Waals surface area contributed by atoms with Gasteiger partial charge in [0.05, 0.1) is 22.4 Å². The number of hydrogen-bond donors (Lipinski definition) is 0. The highest BCUT2D eigenvalue weighted by Gasteiger charge is 2.39. The molecule has 0 atom stereocenters. The van der Waals surface area contributed by atoms with Gasteiger partial charge in [0.15, 0.2) is 5.82 Å². The first-order valence-electron chi connectivity index (χ1n) is 19.4. The average Bonchev–Trinajstić information content (AvgIpc) is 3.69. The van der Waals surface area contributed by atoms with Crippen LogP contribution in [-0.4, -0.2) is 14.5 Å². The van der Waals surface area contributed by atoms with Crippen LogP contribution in [0.15, 0.2) is 176 Å². The summed E-state index contributed by atoms with van der Waals surface area (Å²) in [6.45, 7) is 4.56. The van der Waals surface area contributed by atoms with E-state index in [0.717, 1.165) is 45.1 Å². The number of aromatic nitrogens is 3. The zero-order chi connectivity index (χ0) is 37.1. The molecule has 3 heteroatoms. The van der Waals surface area contributed by atoms with Gasteiger partial charge in [-0.05, 0) is 72.6 Å². The standard InChI is InChI=1S/C53H35N3/c1-53(2)44-23-13-12-22-42(44)50-51(53)54-49(34-26-24-33(25-27-34)32-14-4-3-5-15-32)52(55-50)56-45-29-28-41-39-20-9-8-18-37(39)38-19-10-11-21-40(38)47(41)48(45)43-30-35-16-6-7-17-36(35)31-46(43)56/h3-31H,1-2H3. The monoisotopic (exact) mass is 713 g/mol. The predicted octanol–water partition coefficient (Wildman–Crippen LogP) is 13.8. The molecule has 0 aliphatic heterocycles. The Balaban J connectivity index is 1.25. The molecule has 0 fully saturated rings. The third-order valence-corrected chi connectivity index (χ3v) is 12.3. The Morgan fingerprint density at radius 3 is 1.73 bits per heavy atom. The largest absolute Gasteiger partial charge is 0.292 e. The number of nitrogens with zero attached hydrogens (tertiary/aromatic N) is 3. The molecule has 0 N–H and O–H groups in total. The van der Waals surface area contributed by atoms with E-state index in [0.29, 0.717) is 0 Å². The third-order valence-electron chi connectivity index (χ3n) is 12.3. The van der Waals surface area contributed by atoms with Gasteiger partial charge in [-0.2, -0.15) is 0 Å². The smallest absolute Gasteiger partial charge is 0.165 e. The molecule has 56 heavy (non-hydrogen) atoms. The fraction of sp³-hybridized carbons (Fsp3) is 0.0566. The van der Waals surface area contributed by atoms with E-state index in [2.05, 4.69) is 194 Å². The summed E-state index contributed by atoms with van der Waals surface area (Å²) in [5, 5.41) is 12.4. The van der Waals surface area contributed by atoms with E-state index < -0.39 is 0 Å². The first-order valence-corrected chi connectivity index (χ1v) is 19.4. The van der Waals surface area contributed by atoms with Crippen molar-refractivity contribution in [2.24, 2.45) is 0 Å². The zero-order valence-electron chi connectivity index (χ0n) is 31.1. The predicted molar refractivity (Wildman–Crippen MR) is 235 cm³/mol. The minimum absolute atomic E-state index is 0.302. The topological polar surface area (TPSA) is 30.7 Å². The van der Waals surface area contributed by atoms with Gasteiger partial charge in [0.1, 0.15) is 5.69 Å². The molecule has 2 aromatic heterocycles. The van der Waals surface area contributed by atoms with E-state index in [1.807, 2.05) is 0 Å². The highest BCUT2D eigenvalue weighted by molar-refractivity contribution is 6.35. The van der Waals surface area contributed by atoms with Crippen LogP contribution in [0.2, 0.25) is 0 Å². The molecule has 0 saturated heterocycles. The summed E-state index contributed by atoms with van der Waals surface area (Å²) >= 11 is 0. The maximum absolute atomic E-state index is 5.76. The normalized spacial score (nSPS) is 13.3. The summed E-state index contributed by atoms with van der Waals surface area (Å²) in [5.41, 5.74) is 10.6. The maximum atomic E-state index is 5.76. The van der Waals surface area contributed by atoms with Crippen LogP contribution in [0, 0.1) is 0 Å². The molecule has 12 rings (SSSR count). The van der Waals surface area contributed by atoms with Gasteiger partial charge in [0, 0.05) is 32.7 Å². The van der Waals surface area contributed by atoms with Crippen LogP contribution in [-0.2, 0) is 5.41 Å². The Bertz CT molecular complexity index is 3390. The zero-order valence-corrected chi connectivity index (χ0v) is 31.1. The molecule has 0 bridgehead atoms. The van der Waals surface area contributed by atoms with Crippen molar-refractivity contribution in [3.05, 3.63) is 187 Å². The van der Waals surface area contributed by atoms with Gasteiger partial charge in [0.2, 0.25) is 0 Å². The summed E-state index contributed by atoms with van der Waals surface area (Å²) < 4.78 is 2.40. The van der Waals surface area contributed by atoms with Gasteiger partial charge in [-0.25, -0.2) is 9.97 Å².